The SMILES string of the molecule is COc1cnc2ccc(Cc3ccc(NCc4ccc(C(F)(F)F)nc4)nc3)cc2n1. The molecule has 1 aromatic carbocycles. The molecular weight excluding hydrogens is 407 g/mol. The van der Waals surface area contributed by atoms with Gasteiger partial charge < -0.3 is 10.1 Å². The molecule has 0 unspecified atom stereocenters. The second kappa shape index (κ2) is 8.55. The zero-order valence-corrected chi connectivity index (χ0v) is 16.5. The molecule has 6 nitrogen and oxygen atoms in total. The van der Waals surface area contributed by atoms with Gasteiger partial charge in [0.1, 0.15) is 11.5 Å². The Bertz CT molecular complexity index is 1180. The maximum absolute atomic E-state index is 12.6. The van der Waals surface area contributed by atoms with E-state index in [1.54, 1.807) is 19.5 Å². The van der Waals surface area contributed by atoms with Gasteiger partial charge in [-0.2, -0.15) is 13.2 Å². The predicted octanol–water partition coefficient (Wildman–Crippen LogP) is 4.65. The van der Waals surface area contributed by atoms with Crippen LogP contribution in [0.15, 0.2) is 61.1 Å². The van der Waals surface area contributed by atoms with Gasteiger partial charge in [0.05, 0.1) is 24.3 Å². The van der Waals surface area contributed by atoms with E-state index in [2.05, 4.69) is 25.3 Å². The summed E-state index contributed by atoms with van der Waals surface area (Å²) in [5.74, 6) is 1.09. The Balaban J connectivity index is 1.38. The van der Waals surface area contributed by atoms with Gasteiger partial charge in [-0.15, -0.1) is 0 Å². The molecular formula is C22H18F3N5O. The number of fused-ring (bicyclic) bond motifs is 1. The maximum atomic E-state index is 12.6. The van der Waals surface area contributed by atoms with Gasteiger partial charge >= 0.3 is 6.18 Å². The summed E-state index contributed by atoms with van der Waals surface area (Å²) < 4.78 is 42.9. The van der Waals surface area contributed by atoms with Crippen LogP contribution in [0, 0.1) is 0 Å². The Morgan fingerprint density at radius 3 is 2.29 bits per heavy atom. The standard InChI is InChI=1S/C22H18F3N5O/c1-31-21-13-26-17-5-2-14(9-18(17)30-21)8-15-4-7-20(28-10-15)29-12-16-3-6-19(27-11-16)22(23,24)25/h2-7,9-11,13H,8,12H2,1H3,(H,28,29). The number of hydrogen-bond donors (Lipinski definition) is 1. The average molecular weight is 425 g/mol. The Labute approximate surface area is 176 Å². The maximum Gasteiger partial charge on any atom is 0.433 e. The van der Waals surface area contributed by atoms with Crippen molar-refractivity contribution in [3.05, 3.63) is 83.4 Å². The van der Waals surface area contributed by atoms with Crippen LogP contribution in [0.4, 0.5) is 19.0 Å². The highest BCUT2D eigenvalue weighted by Gasteiger charge is 2.31. The van der Waals surface area contributed by atoms with Crippen LogP contribution >= 0.6 is 0 Å². The van der Waals surface area contributed by atoms with Crippen LogP contribution in [0.25, 0.3) is 11.0 Å². The molecule has 0 atom stereocenters. The average Bonchev–Trinajstić information content (AvgIpc) is 2.78. The first-order valence-electron chi connectivity index (χ1n) is 9.41. The van der Waals surface area contributed by atoms with Gasteiger partial charge in [-0.1, -0.05) is 18.2 Å². The highest BCUT2D eigenvalue weighted by atomic mass is 19.4. The minimum absolute atomic E-state index is 0.322. The number of rotatable bonds is 6. The van der Waals surface area contributed by atoms with Gasteiger partial charge in [0, 0.05) is 18.9 Å². The van der Waals surface area contributed by atoms with Crippen molar-refractivity contribution in [3.8, 4) is 5.88 Å². The Morgan fingerprint density at radius 2 is 1.61 bits per heavy atom. The first-order chi connectivity index (χ1) is 14.9. The molecule has 0 spiro atoms. The molecule has 1 N–H and O–H groups in total. The molecule has 0 aliphatic carbocycles. The van der Waals surface area contributed by atoms with Crippen molar-refractivity contribution >= 4 is 16.9 Å². The van der Waals surface area contributed by atoms with E-state index < -0.39 is 11.9 Å². The Morgan fingerprint density at radius 1 is 0.839 bits per heavy atom. The van der Waals surface area contributed by atoms with Crippen LogP contribution in [-0.4, -0.2) is 27.0 Å². The zero-order chi connectivity index (χ0) is 21.8. The normalized spacial score (nSPS) is 11.5. The minimum Gasteiger partial charge on any atom is -0.480 e. The lowest BCUT2D eigenvalue weighted by Gasteiger charge is -2.09. The van der Waals surface area contributed by atoms with Crippen LogP contribution in [0.2, 0.25) is 0 Å². The fourth-order valence-corrected chi connectivity index (χ4v) is 3.01. The fraction of sp³-hybridized carbons (Fsp3) is 0.182. The summed E-state index contributed by atoms with van der Waals surface area (Å²) in [6, 6.07) is 12.0. The van der Waals surface area contributed by atoms with Gasteiger partial charge in [-0.05, 0) is 47.4 Å². The number of nitrogens with zero attached hydrogens (tertiary/aromatic N) is 4. The monoisotopic (exact) mass is 425 g/mol. The van der Waals surface area contributed by atoms with Gasteiger partial charge in [0.2, 0.25) is 5.88 Å². The molecule has 0 aliphatic heterocycles. The van der Waals surface area contributed by atoms with Gasteiger partial charge in [-0.3, -0.25) is 4.98 Å². The summed E-state index contributed by atoms with van der Waals surface area (Å²) in [5.41, 5.74) is 3.35. The summed E-state index contributed by atoms with van der Waals surface area (Å²) in [5, 5.41) is 3.08. The third-order valence-corrected chi connectivity index (χ3v) is 4.62. The van der Waals surface area contributed by atoms with Crippen LogP contribution in [0.5, 0.6) is 5.88 Å². The smallest absolute Gasteiger partial charge is 0.433 e. The molecule has 4 rings (SSSR count). The number of aromatic nitrogens is 4. The molecule has 0 amide bonds. The van der Waals surface area contributed by atoms with E-state index in [1.807, 2.05) is 30.3 Å². The molecule has 3 heterocycles. The van der Waals surface area contributed by atoms with E-state index in [-0.39, 0.29) is 0 Å². The lowest BCUT2D eigenvalue weighted by Crippen LogP contribution is -2.09. The van der Waals surface area contributed by atoms with E-state index in [9.17, 15) is 13.2 Å². The van der Waals surface area contributed by atoms with Crippen molar-refractivity contribution in [1.82, 2.24) is 19.9 Å². The number of benzene rings is 1. The van der Waals surface area contributed by atoms with Gasteiger partial charge in [0.25, 0.3) is 0 Å². The quantitative estimate of drug-likeness (QED) is 0.485. The second-order valence-electron chi connectivity index (χ2n) is 6.87. The first-order valence-corrected chi connectivity index (χ1v) is 9.41. The summed E-state index contributed by atoms with van der Waals surface area (Å²) in [6.45, 7) is 0.322. The third kappa shape index (κ3) is 5.06. The van der Waals surface area contributed by atoms with Crippen LogP contribution < -0.4 is 10.1 Å². The zero-order valence-electron chi connectivity index (χ0n) is 16.5. The number of ether oxygens (including phenoxy) is 1. The summed E-state index contributed by atoms with van der Waals surface area (Å²) >= 11 is 0. The Kier molecular flexibility index (Phi) is 5.66. The molecule has 0 bridgehead atoms. The molecule has 9 heteroatoms. The van der Waals surface area contributed by atoms with Crippen molar-refractivity contribution in [2.75, 3.05) is 12.4 Å². The first kappa shape index (κ1) is 20.5. The number of pyridine rings is 2. The molecule has 0 saturated carbocycles. The van der Waals surface area contributed by atoms with E-state index in [0.717, 1.165) is 28.2 Å². The van der Waals surface area contributed by atoms with E-state index in [4.69, 9.17) is 4.74 Å². The van der Waals surface area contributed by atoms with Crippen molar-refractivity contribution in [2.45, 2.75) is 19.1 Å². The lowest BCUT2D eigenvalue weighted by molar-refractivity contribution is -0.141. The molecule has 31 heavy (non-hydrogen) atoms. The molecule has 0 radical (unpaired) electrons. The van der Waals surface area contributed by atoms with E-state index in [0.29, 0.717) is 30.2 Å². The number of hydrogen-bond acceptors (Lipinski definition) is 6. The largest absolute Gasteiger partial charge is 0.480 e. The number of halogens is 3. The highest BCUT2D eigenvalue weighted by Crippen LogP contribution is 2.27. The van der Waals surface area contributed by atoms with Crippen molar-refractivity contribution in [1.29, 1.82) is 0 Å². The molecule has 3 aromatic heterocycles. The summed E-state index contributed by atoms with van der Waals surface area (Å²) in [7, 11) is 1.55. The molecule has 0 aliphatic rings. The highest BCUT2D eigenvalue weighted by molar-refractivity contribution is 5.75. The van der Waals surface area contributed by atoms with Crippen LogP contribution in [0.3, 0.4) is 0 Å². The van der Waals surface area contributed by atoms with Crippen molar-refractivity contribution < 1.29 is 17.9 Å². The van der Waals surface area contributed by atoms with Crippen LogP contribution in [0.1, 0.15) is 22.4 Å². The van der Waals surface area contributed by atoms with Crippen molar-refractivity contribution in [3.63, 3.8) is 0 Å². The molecule has 4 aromatic rings. The predicted molar refractivity (Wildman–Crippen MR) is 110 cm³/mol. The van der Waals surface area contributed by atoms with E-state index >= 15 is 0 Å². The fourth-order valence-electron chi connectivity index (χ4n) is 3.01. The number of anilines is 1. The topological polar surface area (TPSA) is 72.8 Å². The van der Waals surface area contributed by atoms with Gasteiger partial charge in [0.15, 0.2) is 0 Å². The summed E-state index contributed by atoms with van der Waals surface area (Å²) in [4.78, 5) is 16.5. The molecule has 158 valence electrons. The Hall–Kier alpha value is -3.75. The van der Waals surface area contributed by atoms with E-state index in [1.165, 1.54) is 12.3 Å². The molecule has 0 saturated heterocycles. The summed E-state index contributed by atoms with van der Waals surface area (Å²) in [6.07, 6.45) is 0.785. The van der Waals surface area contributed by atoms with Gasteiger partial charge in [-0.25, -0.2) is 15.0 Å². The van der Waals surface area contributed by atoms with Crippen LogP contribution in [-0.2, 0) is 19.1 Å². The third-order valence-electron chi connectivity index (χ3n) is 4.62. The second-order valence-corrected chi connectivity index (χ2v) is 6.87. The number of alkyl halides is 3. The lowest BCUT2D eigenvalue weighted by atomic mass is 10.1. The number of nitrogens with one attached hydrogen (secondary N) is 1. The molecule has 0 fully saturated rings. The minimum atomic E-state index is -4.44. The van der Waals surface area contributed by atoms with Crippen molar-refractivity contribution in [2.24, 2.45) is 0 Å². The number of methoxy groups -OCH3 is 1.